The van der Waals surface area contributed by atoms with E-state index in [4.69, 9.17) is 16.3 Å². The first-order valence-electron chi connectivity index (χ1n) is 6.82. The molecule has 0 radical (unpaired) electrons. The van der Waals surface area contributed by atoms with Crippen LogP contribution in [0, 0.1) is 0 Å². The van der Waals surface area contributed by atoms with Crippen molar-refractivity contribution in [2.45, 2.75) is 0 Å². The fourth-order valence-corrected chi connectivity index (χ4v) is 3.25. The van der Waals surface area contributed by atoms with E-state index in [1.165, 1.54) is 0 Å². The molecule has 3 nitrogen and oxygen atoms in total. The first-order chi connectivity index (χ1) is 10.7. The van der Waals surface area contributed by atoms with Crippen LogP contribution >= 0.6 is 22.9 Å². The number of thiazole rings is 1. The average molecular weight is 332 g/mol. The largest absolute Gasteiger partial charge is 0.497 e. The Hall–Kier alpha value is -2.04. The first-order valence-corrected chi connectivity index (χ1v) is 8.07. The fourth-order valence-electron chi connectivity index (χ4n) is 2.17. The van der Waals surface area contributed by atoms with Crippen LogP contribution in [0.3, 0.4) is 0 Å². The lowest BCUT2D eigenvalue weighted by molar-refractivity contribution is -0.641. The Morgan fingerprint density at radius 2 is 1.73 bits per heavy atom. The second-order valence-corrected chi connectivity index (χ2v) is 6.14. The van der Waals surface area contributed by atoms with E-state index in [1.54, 1.807) is 18.4 Å². The first kappa shape index (κ1) is 14.9. The number of nitrogens with zero attached hydrogens (tertiary/aromatic N) is 1. The van der Waals surface area contributed by atoms with Crippen LogP contribution in [-0.4, -0.2) is 7.11 Å². The summed E-state index contributed by atoms with van der Waals surface area (Å²) in [6.07, 6.45) is 0. The van der Waals surface area contributed by atoms with Crippen LogP contribution < -0.4 is 14.6 Å². The molecular weight excluding hydrogens is 316 g/mol. The molecule has 3 aromatic rings. The molecule has 3 rings (SSSR count). The molecule has 0 aliphatic rings. The molecule has 0 atom stereocenters. The van der Waals surface area contributed by atoms with Crippen LogP contribution in [0.2, 0.25) is 5.02 Å². The van der Waals surface area contributed by atoms with E-state index in [-0.39, 0.29) is 0 Å². The topological polar surface area (TPSA) is 25.1 Å². The molecule has 0 aliphatic carbocycles. The molecule has 0 saturated heterocycles. The van der Waals surface area contributed by atoms with Crippen LogP contribution in [0.5, 0.6) is 5.75 Å². The summed E-state index contributed by atoms with van der Waals surface area (Å²) >= 11 is 7.62. The highest BCUT2D eigenvalue weighted by atomic mass is 35.5. The summed E-state index contributed by atoms with van der Waals surface area (Å²) in [4.78, 5) is 0. The molecule has 1 aromatic heterocycles. The van der Waals surface area contributed by atoms with Crippen LogP contribution in [0.25, 0.3) is 11.3 Å². The number of hydrogen-bond donors (Lipinski definition) is 1. The van der Waals surface area contributed by atoms with Gasteiger partial charge in [-0.1, -0.05) is 22.9 Å². The smallest absolute Gasteiger partial charge is 0.339 e. The number of halogens is 1. The van der Waals surface area contributed by atoms with Gasteiger partial charge >= 0.3 is 5.13 Å². The molecule has 1 N–H and O–H groups in total. The van der Waals surface area contributed by atoms with Crippen LogP contribution in [0.4, 0.5) is 10.8 Å². The lowest BCUT2D eigenvalue weighted by Gasteiger charge is -2.02. The van der Waals surface area contributed by atoms with E-state index in [2.05, 4.69) is 15.3 Å². The highest BCUT2D eigenvalue weighted by Gasteiger charge is 2.16. The van der Waals surface area contributed by atoms with Crippen molar-refractivity contribution in [2.24, 2.45) is 7.05 Å². The minimum atomic E-state index is 0.748. The fraction of sp³-hybridized carbons (Fsp3) is 0.118. The van der Waals surface area contributed by atoms with Crippen molar-refractivity contribution in [1.29, 1.82) is 0 Å². The van der Waals surface area contributed by atoms with Crippen molar-refractivity contribution in [3.05, 3.63) is 58.9 Å². The SMILES string of the molecule is COc1ccc(Nc2scc(-c3ccc(Cl)cc3)[n+]2C)cc1. The summed E-state index contributed by atoms with van der Waals surface area (Å²) in [5.41, 5.74) is 3.32. The van der Waals surface area contributed by atoms with E-state index in [0.29, 0.717) is 0 Å². The van der Waals surface area contributed by atoms with Crippen molar-refractivity contribution in [3.8, 4) is 17.0 Å². The van der Waals surface area contributed by atoms with E-state index < -0.39 is 0 Å². The number of rotatable bonds is 4. The van der Waals surface area contributed by atoms with Crippen molar-refractivity contribution >= 4 is 33.8 Å². The van der Waals surface area contributed by atoms with Gasteiger partial charge in [-0.2, -0.15) is 0 Å². The van der Waals surface area contributed by atoms with Gasteiger partial charge < -0.3 is 4.74 Å². The number of hydrogen-bond acceptors (Lipinski definition) is 3. The molecule has 5 heteroatoms. The number of methoxy groups -OCH3 is 1. The number of anilines is 2. The third-order valence-electron chi connectivity index (χ3n) is 3.43. The molecule has 0 bridgehead atoms. The standard InChI is InChI=1S/C17H15ClN2OS/c1-20-16(12-3-5-13(18)6-4-12)11-22-17(20)19-14-7-9-15(21-2)10-8-14/h3-11H,1-2H3/p+1. The summed E-state index contributed by atoms with van der Waals surface area (Å²) in [6, 6.07) is 15.8. The summed E-state index contributed by atoms with van der Waals surface area (Å²) < 4.78 is 7.31. The monoisotopic (exact) mass is 331 g/mol. The molecule has 0 aliphatic heterocycles. The van der Waals surface area contributed by atoms with Gasteiger partial charge in [-0.3, -0.25) is 0 Å². The number of nitrogens with one attached hydrogen (secondary N) is 1. The van der Waals surface area contributed by atoms with Gasteiger partial charge in [0.2, 0.25) is 0 Å². The summed E-state index contributed by atoms with van der Waals surface area (Å²) in [7, 11) is 3.71. The summed E-state index contributed by atoms with van der Waals surface area (Å²) in [6.45, 7) is 0. The van der Waals surface area contributed by atoms with Crippen molar-refractivity contribution in [1.82, 2.24) is 0 Å². The maximum atomic E-state index is 5.95. The zero-order chi connectivity index (χ0) is 15.5. The van der Waals surface area contributed by atoms with Crippen LogP contribution in [0.15, 0.2) is 53.9 Å². The Labute approximate surface area is 138 Å². The van der Waals surface area contributed by atoms with Gasteiger partial charge in [0.15, 0.2) is 0 Å². The molecule has 1 heterocycles. The van der Waals surface area contributed by atoms with Crippen molar-refractivity contribution < 1.29 is 9.30 Å². The second kappa shape index (κ2) is 6.38. The van der Waals surface area contributed by atoms with Crippen molar-refractivity contribution in [3.63, 3.8) is 0 Å². The molecule has 112 valence electrons. The Kier molecular flexibility index (Phi) is 4.32. The summed E-state index contributed by atoms with van der Waals surface area (Å²) in [5, 5.41) is 7.37. The lowest BCUT2D eigenvalue weighted by atomic mass is 10.2. The Morgan fingerprint density at radius 3 is 2.36 bits per heavy atom. The maximum Gasteiger partial charge on any atom is 0.339 e. The van der Waals surface area contributed by atoms with Gasteiger partial charge in [-0.05, 0) is 48.5 Å². The average Bonchev–Trinajstić information content (AvgIpc) is 2.90. The van der Waals surface area contributed by atoms with Crippen LogP contribution in [-0.2, 0) is 7.05 Å². The zero-order valence-electron chi connectivity index (χ0n) is 12.3. The molecule has 0 amide bonds. The van der Waals surface area contributed by atoms with E-state index in [0.717, 1.165) is 32.8 Å². The van der Waals surface area contributed by atoms with E-state index in [9.17, 15) is 0 Å². The highest BCUT2D eigenvalue weighted by molar-refractivity contribution is 7.13. The molecule has 0 unspecified atom stereocenters. The molecule has 0 spiro atoms. The molecule has 22 heavy (non-hydrogen) atoms. The van der Waals surface area contributed by atoms with Gasteiger partial charge in [0.05, 0.1) is 14.2 Å². The normalized spacial score (nSPS) is 10.5. The van der Waals surface area contributed by atoms with Gasteiger partial charge in [-0.15, -0.1) is 0 Å². The van der Waals surface area contributed by atoms with Gasteiger partial charge in [0.25, 0.3) is 0 Å². The lowest BCUT2D eigenvalue weighted by Crippen LogP contribution is -2.30. The Bertz CT molecular complexity index is 766. The molecule has 0 saturated carbocycles. The minimum absolute atomic E-state index is 0.748. The van der Waals surface area contributed by atoms with Gasteiger partial charge in [-0.25, -0.2) is 9.88 Å². The van der Waals surface area contributed by atoms with E-state index >= 15 is 0 Å². The molecule has 0 fully saturated rings. The van der Waals surface area contributed by atoms with Gasteiger partial charge in [0.1, 0.15) is 17.1 Å². The Morgan fingerprint density at radius 1 is 1.05 bits per heavy atom. The number of aromatic nitrogens is 1. The molecule has 2 aromatic carbocycles. The third kappa shape index (κ3) is 3.08. The third-order valence-corrected chi connectivity index (χ3v) is 4.62. The highest BCUT2D eigenvalue weighted by Crippen LogP contribution is 2.26. The predicted molar refractivity (Wildman–Crippen MR) is 92.2 cm³/mol. The summed E-state index contributed by atoms with van der Waals surface area (Å²) in [5.74, 6) is 0.850. The van der Waals surface area contributed by atoms with Crippen LogP contribution in [0.1, 0.15) is 0 Å². The number of benzene rings is 2. The second-order valence-electron chi connectivity index (χ2n) is 4.85. The Balaban J connectivity index is 1.85. The predicted octanol–water partition coefficient (Wildman–Crippen LogP) is 4.65. The van der Waals surface area contributed by atoms with Crippen molar-refractivity contribution in [2.75, 3.05) is 12.4 Å². The quantitative estimate of drug-likeness (QED) is 0.704. The maximum absolute atomic E-state index is 5.95. The number of ether oxygens (including phenoxy) is 1. The van der Waals surface area contributed by atoms with Gasteiger partial charge in [0, 0.05) is 16.0 Å². The molecular formula is C17H16ClN2OS+. The minimum Gasteiger partial charge on any atom is -0.497 e. The van der Waals surface area contributed by atoms with E-state index in [1.807, 2.05) is 55.6 Å². The zero-order valence-corrected chi connectivity index (χ0v) is 13.9.